The molecule has 0 bridgehead atoms. The molecule has 0 aromatic carbocycles. The first-order chi connectivity index (χ1) is 7.24. The smallest absolute Gasteiger partial charge is 0.234 e. The number of nitrogens with zero attached hydrogens (tertiary/aromatic N) is 1. The maximum Gasteiger partial charge on any atom is 0.234 e. The molecule has 0 heterocycles. The van der Waals surface area contributed by atoms with Crippen LogP contribution < -0.4 is 5.32 Å². The Hall–Kier alpha value is -1.05. The molecular formula is C11H20N2O2. The van der Waals surface area contributed by atoms with Crippen molar-refractivity contribution in [3.05, 3.63) is 0 Å². The third-order valence-corrected chi connectivity index (χ3v) is 1.96. The van der Waals surface area contributed by atoms with Crippen molar-refractivity contribution in [2.75, 3.05) is 39.4 Å². The van der Waals surface area contributed by atoms with E-state index in [4.69, 9.17) is 11.2 Å². The zero-order chi connectivity index (χ0) is 11.5. The number of carbonyl (C=O) groups excluding carboxylic acids is 1. The predicted octanol–water partition coefficient (Wildman–Crippen LogP) is 0.0942. The minimum Gasteiger partial charge on any atom is -0.380 e. The van der Waals surface area contributed by atoms with Crippen LogP contribution in [0.4, 0.5) is 0 Å². The quantitative estimate of drug-likeness (QED) is 0.458. The number of amides is 1. The highest BCUT2D eigenvalue weighted by molar-refractivity contribution is 5.78. The van der Waals surface area contributed by atoms with Gasteiger partial charge in [-0.15, -0.1) is 6.42 Å². The SMILES string of the molecule is C#CCNC(=O)CN(CC)CCOCC. The number of nitrogens with one attached hydrogen (secondary N) is 1. The summed E-state index contributed by atoms with van der Waals surface area (Å²) in [5.41, 5.74) is 0. The number of carbonyl (C=O) groups is 1. The molecule has 0 fully saturated rings. The van der Waals surface area contributed by atoms with Crippen molar-refractivity contribution in [1.29, 1.82) is 0 Å². The lowest BCUT2D eigenvalue weighted by molar-refractivity contribution is -0.122. The van der Waals surface area contributed by atoms with Crippen LogP contribution in [-0.4, -0.2) is 50.2 Å². The Bertz CT molecular complexity index is 211. The Morgan fingerprint density at radius 2 is 2.27 bits per heavy atom. The molecule has 15 heavy (non-hydrogen) atoms. The van der Waals surface area contributed by atoms with Gasteiger partial charge in [-0.3, -0.25) is 9.69 Å². The summed E-state index contributed by atoms with van der Waals surface area (Å²) < 4.78 is 5.22. The molecule has 0 radical (unpaired) electrons. The van der Waals surface area contributed by atoms with Gasteiger partial charge in [-0.25, -0.2) is 0 Å². The van der Waals surface area contributed by atoms with E-state index in [9.17, 15) is 4.79 Å². The zero-order valence-corrected chi connectivity index (χ0v) is 9.58. The van der Waals surface area contributed by atoms with Crippen molar-refractivity contribution in [1.82, 2.24) is 10.2 Å². The molecule has 0 aliphatic carbocycles. The fourth-order valence-electron chi connectivity index (χ4n) is 1.10. The summed E-state index contributed by atoms with van der Waals surface area (Å²) >= 11 is 0. The summed E-state index contributed by atoms with van der Waals surface area (Å²) in [6.45, 7) is 7.61. The van der Waals surface area contributed by atoms with Gasteiger partial charge in [0.1, 0.15) is 0 Å². The average molecular weight is 212 g/mol. The third kappa shape index (κ3) is 7.98. The van der Waals surface area contributed by atoms with E-state index in [1.807, 2.05) is 18.7 Å². The summed E-state index contributed by atoms with van der Waals surface area (Å²) in [6.07, 6.45) is 5.04. The molecule has 0 aliphatic rings. The van der Waals surface area contributed by atoms with Crippen LogP contribution in [0.3, 0.4) is 0 Å². The van der Waals surface area contributed by atoms with Gasteiger partial charge in [-0.05, 0) is 13.5 Å². The topological polar surface area (TPSA) is 41.6 Å². The molecule has 0 saturated carbocycles. The minimum atomic E-state index is -0.0358. The number of ether oxygens (including phenoxy) is 1. The molecule has 0 rings (SSSR count). The van der Waals surface area contributed by atoms with E-state index in [0.717, 1.165) is 13.1 Å². The summed E-state index contributed by atoms with van der Waals surface area (Å²) in [6, 6.07) is 0. The Kier molecular flexibility index (Phi) is 8.84. The van der Waals surface area contributed by atoms with Crippen molar-refractivity contribution in [3.63, 3.8) is 0 Å². The van der Waals surface area contributed by atoms with Gasteiger partial charge in [-0.1, -0.05) is 12.8 Å². The summed E-state index contributed by atoms with van der Waals surface area (Å²) in [4.78, 5) is 13.3. The summed E-state index contributed by atoms with van der Waals surface area (Å²) in [5.74, 6) is 2.33. The van der Waals surface area contributed by atoms with Gasteiger partial charge in [0.05, 0.1) is 19.7 Å². The van der Waals surface area contributed by atoms with Gasteiger partial charge in [0, 0.05) is 13.2 Å². The number of terminal acetylenes is 1. The lowest BCUT2D eigenvalue weighted by Crippen LogP contribution is -2.38. The fraction of sp³-hybridized carbons (Fsp3) is 0.727. The van der Waals surface area contributed by atoms with Crippen LogP contribution >= 0.6 is 0 Å². The third-order valence-electron chi connectivity index (χ3n) is 1.96. The molecule has 0 atom stereocenters. The Morgan fingerprint density at radius 3 is 2.80 bits per heavy atom. The van der Waals surface area contributed by atoms with E-state index >= 15 is 0 Å². The second kappa shape index (κ2) is 9.50. The Labute approximate surface area is 92.0 Å². The van der Waals surface area contributed by atoms with Crippen molar-refractivity contribution in [2.45, 2.75) is 13.8 Å². The molecule has 86 valence electrons. The van der Waals surface area contributed by atoms with E-state index in [-0.39, 0.29) is 5.91 Å². The van der Waals surface area contributed by atoms with Gasteiger partial charge in [0.2, 0.25) is 5.91 Å². The highest BCUT2D eigenvalue weighted by Crippen LogP contribution is 1.88. The van der Waals surface area contributed by atoms with Gasteiger partial charge >= 0.3 is 0 Å². The number of hydrogen-bond donors (Lipinski definition) is 1. The van der Waals surface area contributed by atoms with Gasteiger partial charge in [-0.2, -0.15) is 0 Å². The second-order valence-corrected chi connectivity index (χ2v) is 3.05. The second-order valence-electron chi connectivity index (χ2n) is 3.05. The molecule has 0 aromatic heterocycles. The monoisotopic (exact) mass is 212 g/mol. The van der Waals surface area contributed by atoms with Crippen molar-refractivity contribution in [3.8, 4) is 12.3 Å². The van der Waals surface area contributed by atoms with E-state index in [1.54, 1.807) is 0 Å². The van der Waals surface area contributed by atoms with Gasteiger partial charge < -0.3 is 10.1 Å². The molecule has 0 aromatic rings. The van der Waals surface area contributed by atoms with Crippen molar-refractivity contribution in [2.24, 2.45) is 0 Å². The molecule has 0 saturated heterocycles. The number of rotatable bonds is 8. The van der Waals surface area contributed by atoms with E-state index in [0.29, 0.717) is 26.3 Å². The van der Waals surface area contributed by atoms with Crippen LogP contribution in [0.2, 0.25) is 0 Å². The maximum absolute atomic E-state index is 11.3. The van der Waals surface area contributed by atoms with E-state index < -0.39 is 0 Å². The standard InChI is InChI=1S/C11H20N2O2/c1-4-7-12-11(14)10-13(5-2)8-9-15-6-3/h1H,5-10H2,2-3H3,(H,12,14). The van der Waals surface area contributed by atoms with Crippen molar-refractivity contribution >= 4 is 5.91 Å². The fourth-order valence-corrected chi connectivity index (χ4v) is 1.10. The Balaban J connectivity index is 3.68. The first-order valence-electron chi connectivity index (χ1n) is 5.24. The van der Waals surface area contributed by atoms with Crippen molar-refractivity contribution < 1.29 is 9.53 Å². The first kappa shape index (κ1) is 13.9. The molecule has 4 nitrogen and oxygen atoms in total. The molecule has 0 spiro atoms. The van der Waals surface area contributed by atoms with Crippen LogP contribution in [0.1, 0.15) is 13.8 Å². The highest BCUT2D eigenvalue weighted by atomic mass is 16.5. The molecule has 1 N–H and O–H groups in total. The normalized spacial score (nSPS) is 10.0. The highest BCUT2D eigenvalue weighted by Gasteiger charge is 2.07. The van der Waals surface area contributed by atoms with Crippen LogP contribution in [0.25, 0.3) is 0 Å². The summed E-state index contributed by atoms with van der Waals surface area (Å²) in [5, 5.41) is 2.63. The molecule has 4 heteroatoms. The lowest BCUT2D eigenvalue weighted by atomic mass is 10.4. The molecule has 1 amide bonds. The molecular weight excluding hydrogens is 192 g/mol. The van der Waals surface area contributed by atoms with Crippen LogP contribution in [0.5, 0.6) is 0 Å². The summed E-state index contributed by atoms with van der Waals surface area (Å²) in [7, 11) is 0. The first-order valence-corrected chi connectivity index (χ1v) is 5.24. The van der Waals surface area contributed by atoms with Gasteiger partial charge in [0.25, 0.3) is 0 Å². The predicted molar refractivity (Wildman–Crippen MR) is 60.4 cm³/mol. The maximum atomic E-state index is 11.3. The van der Waals surface area contributed by atoms with Crippen LogP contribution in [-0.2, 0) is 9.53 Å². The lowest BCUT2D eigenvalue weighted by Gasteiger charge is -2.19. The zero-order valence-electron chi connectivity index (χ0n) is 9.58. The number of hydrogen-bond acceptors (Lipinski definition) is 3. The van der Waals surface area contributed by atoms with Crippen LogP contribution in [0.15, 0.2) is 0 Å². The van der Waals surface area contributed by atoms with E-state index in [1.165, 1.54) is 0 Å². The average Bonchev–Trinajstić information content (AvgIpc) is 2.25. The molecule has 0 unspecified atom stereocenters. The minimum absolute atomic E-state index is 0.0358. The van der Waals surface area contributed by atoms with E-state index in [2.05, 4.69) is 11.2 Å². The number of likely N-dealkylation sites (N-methyl/N-ethyl adjacent to an activating group) is 1. The van der Waals surface area contributed by atoms with Crippen LogP contribution in [0, 0.1) is 12.3 Å². The Morgan fingerprint density at radius 1 is 1.53 bits per heavy atom. The molecule has 0 aliphatic heterocycles. The largest absolute Gasteiger partial charge is 0.380 e. The van der Waals surface area contributed by atoms with Gasteiger partial charge in [0.15, 0.2) is 0 Å².